The molecule has 0 fully saturated rings. The highest BCUT2D eigenvalue weighted by atomic mass is 79.9. The van der Waals surface area contributed by atoms with Gasteiger partial charge in [0.2, 0.25) is 10.0 Å². The quantitative estimate of drug-likeness (QED) is 0.100. The second kappa shape index (κ2) is 21.5. The first-order valence-electron chi connectivity index (χ1n) is 16.4. The number of benzene rings is 4. The normalized spacial score (nSPS) is 11.1. The van der Waals surface area contributed by atoms with Gasteiger partial charge in [0.15, 0.2) is 23.1 Å². The second-order valence-electron chi connectivity index (χ2n) is 11.4. The van der Waals surface area contributed by atoms with Crippen molar-refractivity contribution in [2.45, 2.75) is 32.4 Å². The molecule has 0 aliphatic heterocycles. The Kier molecular flexibility index (Phi) is 17.1. The first-order valence-corrected chi connectivity index (χ1v) is 19.6. The van der Waals surface area contributed by atoms with Gasteiger partial charge in [0.25, 0.3) is 5.91 Å². The SMILES string of the molecule is CCOC(=O)c1ncns1.NCc1cc(F)c(Oc2cc(Br)cc(C(F)(F)F)c2)cc1F.O=C(NCc1cc(F)c(Oc2cc(Br)cc(C(F)(F)F)c2)cc1F)c1ncns1. The third-order valence-corrected chi connectivity index (χ3v) is 9.30. The molecular weight excluding hydrogens is 1010 g/mol. The van der Waals surface area contributed by atoms with E-state index in [9.17, 15) is 53.5 Å². The molecule has 6 aromatic rings. The van der Waals surface area contributed by atoms with Crippen molar-refractivity contribution in [3.05, 3.63) is 138 Å². The molecule has 3 N–H and O–H groups in total. The second-order valence-corrected chi connectivity index (χ2v) is 14.8. The average Bonchev–Trinajstić information content (AvgIpc) is 3.93. The summed E-state index contributed by atoms with van der Waals surface area (Å²) in [7, 11) is 0. The molecule has 6 rings (SSSR count). The molecule has 2 heterocycles. The number of esters is 1. The van der Waals surface area contributed by atoms with Crippen LogP contribution in [0, 0.1) is 23.3 Å². The fourth-order valence-corrected chi connectivity index (χ4v) is 6.20. The van der Waals surface area contributed by atoms with E-state index >= 15 is 0 Å². The van der Waals surface area contributed by atoms with Crippen molar-refractivity contribution >= 4 is 66.8 Å². The van der Waals surface area contributed by atoms with Gasteiger partial charge < -0.3 is 25.3 Å². The number of nitrogens with one attached hydrogen (secondary N) is 1. The van der Waals surface area contributed by atoms with Crippen LogP contribution in [-0.4, -0.2) is 37.2 Å². The van der Waals surface area contributed by atoms with Gasteiger partial charge in [-0.2, -0.15) is 35.1 Å². The third kappa shape index (κ3) is 14.4. The van der Waals surface area contributed by atoms with Crippen LogP contribution in [0.3, 0.4) is 0 Å². The molecule has 0 saturated heterocycles. The lowest BCUT2D eigenvalue weighted by Gasteiger charge is -2.13. The van der Waals surface area contributed by atoms with Crippen molar-refractivity contribution in [2.24, 2.45) is 5.73 Å². The predicted octanol–water partition coefficient (Wildman–Crippen LogP) is 11.0. The summed E-state index contributed by atoms with van der Waals surface area (Å²) in [6, 6.07) is 8.49. The van der Waals surface area contributed by atoms with Crippen LogP contribution in [0.4, 0.5) is 43.9 Å². The number of nitrogens with two attached hydrogens (primary N) is 1. The van der Waals surface area contributed by atoms with Gasteiger partial charge in [0.1, 0.15) is 35.8 Å². The van der Waals surface area contributed by atoms with Crippen molar-refractivity contribution in [3.63, 3.8) is 0 Å². The van der Waals surface area contributed by atoms with Crippen molar-refractivity contribution in [1.82, 2.24) is 24.0 Å². The zero-order chi connectivity index (χ0) is 45.1. The first kappa shape index (κ1) is 48.4. The number of carbonyl (C=O) groups is 2. The number of amides is 1. The number of hydrogen-bond donors (Lipinski definition) is 2. The Balaban J connectivity index is 0.000000225. The van der Waals surface area contributed by atoms with Gasteiger partial charge in [-0.25, -0.2) is 32.3 Å². The Morgan fingerprint density at radius 3 is 1.56 bits per heavy atom. The lowest BCUT2D eigenvalue weighted by Crippen LogP contribution is -2.23. The standard InChI is InChI=1S/C17H9BrF5N3O2S.C14H9BrF5NO.C5H6N2O2S/c18-10-2-9(17(21,22)23)3-11(4-10)28-14-5-12(19)8(1-13(14)20)6-24-15(27)16-25-7-26-29-16;15-9-2-8(14(18,19)20)3-10(4-9)22-13-5-11(16)7(6-21)1-12(13)17;1-2-9-5(8)4-6-3-7-10-4/h1-5,7H,6H2,(H,24,27);1-5H,6,21H2;3H,2H2,1H3. The van der Waals surface area contributed by atoms with E-state index in [4.69, 9.17) is 15.2 Å². The highest BCUT2D eigenvalue weighted by Gasteiger charge is 2.32. The van der Waals surface area contributed by atoms with Gasteiger partial charge in [-0.3, -0.25) is 4.79 Å². The van der Waals surface area contributed by atoms with Gasteiger partial charge in [-0.05, 0) is 78.5 Å². The Morgan fingerprint density at radius 2 is 1.13 bits per heavy atom. The molecule has 2 aromatic heterocycles. The maximum Gasteiger partial charge on any atom is 0.416 e. The van der Waals surface area contributed by atoms with E-state index in [-0.39, 0.29) is 49.7 Å². The smallest absolute Gasteiger partial charge is 0.416 e. The van der Waals surface area contributed by atoms with Crippen LogP contribution in [0.2, 0.25) is 0 Å². The van der Waals surface area contributed by atoms with E-state index in [0.29, 0.717) is 29.8 Å². The van der Waals surface area contributed by atoms with Crippen LogP contribution >= 0.6 is 54.9 Å². The van der Waals surface area contributed by atoms with Crippen molar-refractivity contribution in [2.75, 3.05) is 6.61 Å². The summed E-state index contributed by atoms with van der Waals surface area (Å²) in [5.74, 6) is -6.39. The molecule has 0 bridgehead atoms. The molecule has 0 aliphatic rings. The molecule has 0 spiro atoms. The van der Waals surface area contributed by atoms with Gasteiger partial charge >= 0.3 is 18.3 Å². The lowest BCUT2D eigenvalue weighted by atomic mass is 10.2. The zero-order valence-corrected chi connectivity index (χ0v) is 35.1. The third-order valence-electron chi connectivity index (χ3n) is 7.08. The molecule has 0 saturated carbocycles. The lowest BCUT2D eigenvalue weighted by molar-refractivity contribution is -0.138. The maximum atomic E-state index is 14.3. The van der Waals surface area contributed by atoms with Gasteiger partial charge in [-0.1, -0.05) is 31.9 Å². The van der Waals surface area contributed by atoms with E-state index in [0.717, 1.165) is 53.4 Å². The van der Waals surface area contributed by atoms with E-state index < -0.39 is 70.1 Å². The summed E-state index contributed by atoms with van der Waals surface area (Å²) in [4.78, 5) is 29.9. The number of ether oxygens (including phenoxy) is 3. The molecule has 11 nitrogen and oxygen atoms in total. The Bertz CT molecular complexity index is 2450. The topological polar surface area (TPSA) is 151 Å². The van der Waals surface area contributed by atoms with Crippen LogP contribution in [0.5, 0.6) is 23.0 Å². The summed E-state index contributed by atoms with van der Waals surface area (Å²) in [5, 5.41) is 2.72. The van der Waals surface area contributed by atoms with Gasteiger partial charge in [-0.15, -0.1) is 0 Å². The Hall–Kier alpha value is -5.24. The molecular formula is C36H24Br2F10N6O5S2. The van der Waals surface area contributed by atoms with E-state index in [2.05, 4.69) is 60.6 Å². The summed E-state index contributed by atoms with van der Waals surface area (Å²) in [6.07, 6.45) is -6.72. The number of nitrogens with zero attached hydrogens (tertiary/aromatic N) is 4. The molecule has 1 amide bonds. The van der Waals surface area contributed by atoms with Crippen LogP contribution in [-0.2, 0) is 30.2 Å². The molecule has 0 aliphatic carbocycles. The number of carbonyl (C=O) groups excluding carboxylic acids is 2. The number of alkyl halides is 6. The van der Waals surface area contributed by atoms with Crippen molar-refractivity contribution in [3.8, 4) is 23.0 Å². The molecule has 324 valence electrons. The predicted molar refractivity (Wildman–Crippen MR) is 206 cm³/mol. The summed E-state index contributed by atoms with van der Waals surface area (Å²) >= 11 is 7.70. The Morgan fingerprint density at radius 1 is 0.672 bits per heavy atom. The summed E-state index contributed by atoms with van der Waals surface area (Å²) in [5.41, 5.74) is 3.00. The molecule has 0 radical (unpaired) electrons. The zero-order valence-electron chi connectivity index (χ0n) is 30.3. The summed E-state index contributed by atoms with van der Waals surface area (Å²) in [6.45, 7) is 1.58. The molecule has 0 atom stereocenters. The fraction of sp³-hybridized carbons (Fsp3) is 0.167. The van der Waals surface area contributed by atoms with E-state index in [1.807, 2.05) is 0 Å². The van der Waals surface area contributed by atoms with Crippen LogP contribution < -0.4 is 20.5 Å². The number of aromatic nitrogens is 4. The molecule has 4 aromatic carbocycles. The number of rotatable bonds is 10. The highest BCUT2D eigenvalue weighted by molar-refractivity contribution is 9.10. The maximum absolute atomic E-state index is 14.3. The largest absolute Gasteiger partial charge is 0.461 e. The number of halogens is 12. The monoisotopic (exact) mass is 1030 g/mol. The van der Waals surface area contributed by atoms with Crippen molar-refractivity contribution in [1.29, 1.82) is 0 Å². The molecule has 61 heavy (non-hydrogen) atoms. The minimum absolute atomic E-state index is 0.0548. The van der Waals surface area contributed by atoms with Crippen LogP contribution in [0.15, 0.2) is 82.3 Å². The van der Waals surface area contributed by atoms with Crippen LogP contribution in [0.1, 0.15) is 48.8 Å². The fourth-order valence-electron chi connectivity index (χ4n) is 4.39. The van der Waals surface area contributed by atoms with Gasteiger partial charge in [0, 0.05) is 45.3 Å². The highest BCUT2D eigenvalue weighted by Crippen LogP contribution is 2.38. The van der Waals surface area contributed by atoms with E-state index in [1.54, 1.807) is 6.92 Å². The first-order chi connectivity index (χ1) is 28.7. The minimum Gasteiger partial charge on any atom is -0.461 e. The Labute approximate surface area is 362 Å². The van der Waals surface area contributed by atoms with E-state index in [1.165, 1.54) is 24.8 Å². The van der Waals surface area contributed by atoms with Crippen molar-refractivity contribution < 1.29 is 67.7 Å². The minimum atomic E-state index is -4.64. The number of hydrogen-bond acceptors (Lipinski definition) is 12. The molecule has 0 unspecified atom stereocenters. The van der Waals surface area contributed by atoms with Crippen LogP contribution in [0.25, 0.3) is 0 Å². The average molecular weight is 1030 g/mol. The molecule has 25 heteroatoms. The summed E-state index contributed by atoms with van der Waals surface area (Å²) < 4.78 is 155. The van der Waals surface area contributed by atoms with Gasteiger partial charge in [0.05, 0.1) is 17.7 Å².